The zero-order valence-electron chi connectivity index (χ0n) is 17.0. The lowest BCUT2D eigenvalue weighted by atomic mass is 9.91. The van der Waals surface area contributed by atoms with Crippen molar-refractivity contribution >= 4 is 27.2 Å². The van der Waals surface area contributed by atoms with Gasteiger partial charge >= 0.3 is 0 Å². The Morgan fingerprint density at radius 2 is 2.12 bits per heavy atom. The van der Waals surface area contributed by atoms with Crippen LogP contribution in [0.3, 0.4) is 0 Å². The van der Waals surface area contributed by atoms with E-state index >= 15 is 0 Å². The average molecular weight is 385 g/mol. The predicted molar refractivity (Wildman–Crippen MR) is 90.5 cm³/mol. The number of sulfonamides is 1. The molecule has 0 unspecified atom stereocenters. The van der Waals surface area contributed by atoms with Crippen LogP contribution in [0.4, 0.5) is 4.39 Å². The summed E-state index contributed by atoms with van der Waals surface area (Å²) in [4.78, 5) is 3.87. The van der Waals surface area contributed by atoms with Crippen LogP contribution in [0.15, 0.2) is 28.9 Å². The highest BCUT2D eigenvalue weighted by Gasteiger charge is 2.32. The maximum atomic E-state index is 14.6. The van der Waals surface area contributed by atoms with Gasteiger partial charge in [-0.25, -0.2) is 22.3 Å². The molecule has 25 heavy (non-hydrogen) atoms. The number of hydrogen-bond donors (Lipinski definition) is 0. The standard InChI is InChI=1S/C15H16FN5O2S2/c1-10-6-15(24-19-10)25(22,23)20-4-2-11(3-5-20)12-8-21-14(7-13(12)16)17-9-18-21/h6-9,11H,2-5H2,1H3/i4D2,5D2. The van der Waals surface area contributed by atoms with E-state index in [1.54, 1.807) is 6.92 Å². The number of pyridine rings is 1. The molecule has 4 heterocycles. The van der Waals surface area contributed by atoms with Gasteiger partial charge in [0.1, 0.15) is 12.1 Å². The molecular formula is C15H16FN5O2S2. The lowest BCUT2D eigenvalue weighted by Gasteiger charge is -2.31. The molecule has 3 aromatic heterocycles. The van der Waals surface area contributed by atoms with Crippen LogP contribution >= 0.6 is 11.5 Å². The second-order valence-corrected chi connectivity index (χ2v) is 8.44. The van der Waals surface area contributed by atoms with Crippen molar-refractivity contribution in [2.75, 3.05) is 13.0 Å². The molecule has 0 radical (unpaired) electrons. The zero-order valence-corrected chi connectivity index (χ0v) is 14.7. The number of halogens is 1. The Labute approximate surface area is 154 Å². The maximum absolute atomic E-state index is 14.6. The molecule has 0 bridgehead atoms. The van der Waals surface area contributed by atoms with Crippen molar-refractivity contribution in [3.63, 3.8) is 0 Å². The molecule has 0 aromatic carbocycles. The first-order valence-corrected chi connectivity index (χ1v) is 9.61. The quantitative estimate of drug-likeness (QED) is 0.690. The molecular weight excluding hydrogens is 365 g/mol. The van der Waals surface area contributed by atoms with E-state index in [-0.39, 0.29) is 19.7 Å². The van der Waals surface area contributed by atoms with E-state index in [1.807, 2.05) is 0 Å². The van der Waals surface area contributed by atoms with Crippen LogP contribution in [0.2, 0.25) is 0 Å². The smallest absolute Gasteiger partial charge is 0.221 e. The van der Waals surface area contributed by atoms with E-state index in [9.17, 15) is 12.8 Å². The Morgan fingerprint density at radius 3 is 2.80 bits per heavy atom. The minimum Gasteiger partial charge on any atom is -0.221 e. The van der Waals surface area contributed by atoms with E-state index in [1.165, 1.54) is 23.1 Å². The van der Waals surface area contributed by atoms with Crippen LogP contribution in [0.1, 0.15) is 35.5 Å². The molecule has 1 saturated heterocycles. The fourth-order valence-electron chi connectivity index (χ4n) is 2.61. The van der Waals surface area contributed by atoms with Crippen molar-refractivity contribution in [2.24, 2.45) is 0 Å². The van der Waals surface area contributed by atoms with Gasteiger partial charge < -0.3 is 0 Å². The van der Waals surface area contributed by atoms with Gasteiger partial charge in [0.2, 0.25) is 0 Å². The third-order valence-electron chi connectivity index (χ3n) is 3.90. The monoisotopic (exact) mass is 385 g/mol. The molecule has 0 atom stereocenters. The van der Waals surface area contributed by atoms with Crippen LogP contribution in [0.5, 0.6) is 0 Å². The summed E-state index contributed by atoms with van der Waals surface area (Å²) in [5.41, 5.74) is 0.757. The number of nitrogens with zero attached hydrogens (tertiary/aromatic N) is 5. The summed E-state index contributed by atoms with van der Waals surface area (Å²) in [6.45, 7) is -3.59. The van der Waals surface area contributed by atoms with Crippen LogP contribution in [0.25, 0.3) is 5.65 Å². The molecule has 132 valence electrons. The number of piperidine rings is 1. The summed E-state index contributed by atoms with van der Waals surface area (Å²) in [5, 5.41) is 3.92. The van der Waals surface area contributed by atoms with Gasteiger partial charge in [-0.3, -0.25) is 0 Å². The predicted octanol–water partition coefficient (Wildman–Crippen LogP) is 2.20. The molecule has 0 amide bonds. The molecule has 1 fully saturated rings. The highest BCUT2D eigenvalue weighted by atomic mass is 32.2. The second kappa shape index (κ2) is 6.11. The van der Waals surface area contributed by atoms with Crippen LogP contribution < -0.4 is 0 Å². The third-order valence-corrected chi connectivity index (χ3v) is 6.79. The zero-order chi connectivity index (χ0) is 21.2. The van der Waals surface area contributed by atoms with E-state index in [4.69, 9.17) is 5.48 Å². The first-order chi connectivity index (χ1) is 13.4. The highest BCUT2D eigenvalue weighted by molar-refractivity contribution is 7.91. The SMILES string of the molecule is [2H]C1([2H])CC(c2cn3ncnc3cc2F)CC([2H])([2H])N1S(=O)(=O)c1cc(C)ns1. The van der Waals surface area contributed by atoms with Gasteiger partial charge in [0.05, 0.1) is 5.69 Å². The molecule has 0 spiro atoms. The van der Waals surface area contributed by atoms with Gasteiger partial charge in [-0.15, -0.1) is 0 Å². The summed E-state index contributed by atoms with van der Waals surface area (Å²) in [5.74, 6) is -1.57. The molecule has 0 aliphatic carbocycles. The molecule has 7 nitrogen and oxygen atoms in total. The number of fused-ring (bicyclic) bond motifs is 1. The Bertz CT molecular complexity index is 1180. The summed E-state index contributed by atoms with van der Waals surface area (Å²) in [6.07, 6.45) is 1.75. The lowest BCUT2D eigenvalue weighted by Crippen LogP contribution is -2.37. The fourth-order valence-corrected chi connectivity index (χ4v) is 4.82. The van der Waals surface area contributed by atoms with Gasteiger partial charge in [-0.1, -0.05) is 0 Å². The van der Waals surface area contributed by atoms with Crippen LogP contribution in [0, 0.1) is 12.7 Å². The summed E-state index contributed by atoms with van der Waals surface area (Å²) in [7, 11) is -4.48. The molecule has 1 aliphatic heterocycles. The number of hydrogen-bond acceptors (Lipinski definition) is 6. The number of aromatic nitrogens is 4. The normalized spacial score (nSPS) is 23.8. The van der Waals surface area contributed by atoms with Crippen molar-refractivity contribution < 1.29 is 18.3 Å². The first kappa shape index (κ1) is 12.4. The van der Waals surface area contributed by atoms with E-state index in [2.05, 4.69) is 14.5 Å². The minimum atomic E-state index is -4.48. The molecule has 4 rings (SSSR count). The molecule has 0 N–H and O–H groups in total. The van der Waals surface area contributed by atoms with E-state index in [0.29, 0.717) is 17.2 Å². The fraction of sp³-hybridized carbons (Fsp3) is 0.400. The van der Waals surface area contributed by atoms with E-state index < -0.39 is 47.6 Å². The van der Waals surface area contributed by atoms with Gasteiger partial charge in [0, 0.05) is 36.3 Å². The molecule has 1 aliphatic rings. The van der Waals surface area contributed by atoms with Gasteiger partial charge in [0.25, 0.3) is 10.0 Å². The largest absolute Gasteiger partial charge is 0.254 e. The Kier molecular flexibility index (Phi) is 3.04. The first-order valence-electron chi connectivity index (χ1n) is 9.39. The number of rotatable bonds is 3. The molecule has 3 aromatic rings. The summed E-state index contributed by atoms with van der Waals surface area (Å²) < 4.78 is 79.2. The van der Waals surface area contributed by atoms with Crippen LogP contribution in [-0.4, -0.2) is 44.7 Å². The molecule has 10 heteroatoms. The van der Waals surface area contributed by atoms with Crippen molar-refractivity contribution in [1.82, 2.24) is 23.3 Å². The Balaban J connectivity index is 1.76. The second-order valence-electron chi connectivity index (χ2n) is 5.62. The average Bonchev–Trinajstić information content (AvgIpc) is 3.19. The van der Waals surface area contributed by atoms with E-state index in [0.717, 1.165) is 6.07 Å². The minimum absolute atomic E-state index is 0.0569. The van der Waals surface area contributed by atoms with Gasteiger partial charge in [-0.2, -0.15) is 13.8 Å². The number of aryl methyl sites for hydroxylation is 1. The highest BCUT2D eigenvalue weighted by Crippen LogP contribution is 2.33. The van der Waals surface area contributed by atoms with Crippen molar-refractivity contribution in [3.05, 3.63) is 41.7 Å². The van der Waals surface area contributed by atoms with Gasteiger partial charge in [0.15, 0.2) is 9.86 Å². The van der Waals surface area contributed by atoms with Gasteiger partial charge in [-0.05, 0) is 43.3 Å². The topological polar surface area (TPSA) is 80.5 Å². The van der Waals surface area contributed by atoms with Crippen LogP contribution in [-0.2, 0) is 10.0 Å². The summed E-state index contributed by atoms with van der Waals surface area (Å²) in [6, 6.07) is 2.41. The van der Waals surface area contributed by atoms with Crippen molar-refractivity contribution in [2.45, 2.75) is 29.9 Å². The molecule has 0 saturated carbocycles. The Morgan fingerprint density at radius 1 is 1.36 bits per heavy atom. The lowest BCUT2D eigenvalue weighted by molar-refractivity contribution is 0.315. The van der Waals surface area contributed by atoms with Crippen molar-refractivity contribution in [3.8, 4) is 0 Å². The Hall–Kier alpha value is -1.91. The maximum Gasteiger partial charge on any atom is 0.254 e. The third kappa shape index (κ3) is 2.94. The summed E-state index contributed by atoms with van der Waals surface area (Å²) >= 11 is 0.662. The van der Waals surface area contributed by atoms with Crippen molar-refractivity contribution in [1.29, 1.82) is 0 Å².